The number of hydrogen-bond donors (Lipinski definition) is 2. The molecule has 1 aromatic carbocycles. The van der Waals surface area contributed by atoms with E-state index < -0.39 is 17.5 Å². The molecule has 10 atom stereocenters. The standard InChI is InChI=1S/C37H50BrFO3/c1-21(2)24-12-15-37(32(41)42)17-16-35(6)25(30(24)37)9-11-29-34(5)20-23(18-22-8-10-27(39)26(38)19-22)31(40)33(3,4)28(34)13-14-36(29,35)7/h8,10,18-19,24-25,28-31,40H,1,9,11-17,20H2,2-7H3,(H,41,42)/b23-18+/t24-,25+,28-,29+,30+,31-,34-,35+,36+,37-/m0/s1. The minimum absolute atomic E-state index is 0.0115. The summed E-state index contributed by atoms with van der Waals surface area (Å²) in [6, 6.07) is 5.10. The van der Waals surface area contributed by atoms with Gasteiger partial charge in [-0.3, -0.25) is 4.79 Å². The van der Waals surface area contributed by atoms with Crippen LogP contribution in [0.15, 0.2) is 40.4 Å². The third-order valence-electron chi connectivity index (χ3n) is 14.6. The molecule has 5 fully saturated rings. The Bertz CT molecular complexity index is 1350. The zero-order chi connectivity index (χ0) is 30.6. The van der Waals surface area contributed by atoms with E-state index in [1.165, 1.54) is 11.6 Å². The number of hydrogen-bond acceptors (Lipinski definition) is 2. The number of halogens is 2. The highest BCUT2D eigenvalue weighted by atomic mass is 79.9. The maximum Gasteiger partial charge on any atom is 0.309 e. The maximum absolute atomic E-state index is 14.0. The maximum atomic E-state index is 14.0. The number of carboxylic acid groups (broad SMARTS) is 1. The number of allylic oxidation sites excluding steroid dienone is 1. The molecule has 0 aromatic heterocycles. The van der Waals surface area contributed by atoms with Crippen molar-refractivity contribution in [2.24, 2.45) is 56.7 Å². The van der Waals surface area contributed by atoms with Crippen LogP contribution in [0.25, 0.3) is 6.08 Å². The molecule has 0 heterocycles. The van der Waals surface area contributed by atoms with Crippen molar-refractivity contribution in [3.8, 4) is 0 Å². The first kappa shape index (κ1) is 30.6. The summed E-state index contributed by atoms with van der Waals surface area (Å²) in [4.78, 5) is 13.0. The molecule has 1 aromatic rings. The van der Waals surface area contributed by atoms with Gasteiger partial charge in [-0.2, -0.15) is 0 Å². The predicted octanol–water partition coefficient (Wildman–Crippen LogP) is 9.68. The highest BCUT2D eigenvalue weighted by molar-refractivity contribution is 9.10. The van der Waals surface area contributed by atoms with Gasteiger partial charge in [0.25, 0.3) is 0 Å². The predicted molar refractivity (Wildman–Crippen MR) is 170 cm³/mol. The number of benzene rings is 1. The van der Waals surface area contributed by atoms with Crippen molar-refractivity contribution in [1.29, 1.82) is 0 Å². The summed E-state index contributed by atoms with van der Waals surface area (Å²) in [5, 5.41) is 22.4. The molecular weight excluding hydrogens is 591 g/mol. The van der Waals surface area contributed by atoms with Gasteiger partial charge in [0.2, 0.25) is 0 Å². The van der Waals surface area contributed by atoms with E-state index in [0.29, 0.717) is 28.1 Å². The molecular formula is C37H50BrFO3. The van der Waals surface area contributed by atoms with Gasteiger partial charge >= 0.3 is 5.97 Å². The van der Waals surface area contributed by atoms with Crippen LogP contribution in [0, 0.1) is 62.5 Å². The number of carboxylic acids is 1. The molecule has 42 heavy (non-hydrogen) atoms. The Morgan fingerprint density at radius 2 is 1.71 bits per heavy atom. The van der Waals surface area contributed by atoms with E-state index in [-0.39, 0.29) is 33.4 Å². The Kier molecular flexibility index (Phi) is 7.11. The molecule has 5 aliphatic rings. The van der Waals surface area contributed by atoms with Gasteiger partial charge in [-0.1, -0.05) is 58.9 Å². The molecule has 0 aliphatic heterocycles. The van der Waals surface area contributed by atoms with Crippen LogP contribution in [0.5, 0.6) is 0 Å². The smallest absolute Gasteiger partial charge is 0.309 e. The number of aliphatic carboxylic acids is 1. The number of aliphatic hydroxyl groups is 1. The highest BCUT2D eigenvalue weighted by Crippen LogP contribution is 2.77. The van der Waals surface area contributed by atoms with E-state index in [4.69, 9.17) is 0 Å². The lowest BCUT2D eigenvalue weighted by molar-refractivity contribution is -0.240. The van der Waals surface area contributed by atoms with Crippen molar-refractivity contribution in [3.05, 3.63) is 51.8 Å². The normalized spacial score (nSPS) is 46.7. The molecule has 0 amide bonds. The lowest BCUT2D eigenvalue weighted by Gasteiger charge is -2.72. The van der Waals surface area contributed by atoms with Gasteiger partial charge in [-0.05, 0) is 155 Å². The van der Waals surface area contributed by atoms with Crippen molar-refractivity contribution in [2.75, 3.05) is 0 Å². The van der Waals surface area contributed by atoms with Crippen molar-refractivity contribution >= 4 is 28.0 Å². The third kappa shape index (κ3) is 3.93. The summed E-state index contributed by atoms with van der Waals surface area (Å²) in [6.07, 6.45) is 10.3. The lowest BCUT2D eigenvalue weighted by Crippen LogP contribution is -2.67. The van der Waals surface area contributed by atoms with E-state index in [0.717, 1.165) is 68.9 Å². The molecule has 0 spiro atoms. The Morgan fingerprint density at radius 1 is 1.00 bits per heavy atom. The van der Waals surface area contributed by atoms with Crippen molar-refractivity contribution in [1.82, 2.24) is 0 Å². The molecule has 3 nitrogen and oxygen atoms in total. The lowest BCUT2D eigenvalue weighted by atomic mass is 9.32. The monoisotopic (exact) mass is 640 g/mol. The van der Waals surface area contributed by atoms with Crippen molar-refractivity contribution < 1.29 is 19.4 Å². The molecule has 0 radical (unpaired) electrons. The Labute approximate surface area is 260 Å². The molecule has 5 saturated carbocycles. The summed E-state index contributed by atoms with van der Waals surface area (Å²) in [5.74, 6) is 0.886. The number of aliphatic hydroxyl groups excluding tert-OH is 1. The number of fused-ring (bicyclic) bond motifs is 7. The van der Waals surface area contributed by atoms with Gasteiger partial charge in [0.05, 0.1) is 16.0 Å². The largest absolute Gasteiger partial charge is 0.481 e. The quantitative estimate of drug-likeness (QED) is 0.323. The fourth-order valence-electron chi connectivity index (χ4n) is 12.5. The van der Waals surface area contributed by atoms with E-state index >= 15 is 0 Å². The Balaban J connectivity index is 1.41. The van der Waals surface area contributed by atoms with Crippen molar-refractivity contribution in [2.45, 2.75) is 105 Å². The molecule has 230 valence electrons. The minimum Gasteiger partial charge on any atom is -0.481 e. The van der Waals surface area contributed by atoms with Crippen LogP contribution in [-0.4, -0.2) is 22.3 Å². The molecule has 0 bridgehead atoms. The summed E-state index contributed by atoms with van der Waals surface area (Å²) in [6.45, 7) is 18.6. The first-order valence-electron chi connectivity index (χ1n) is 16.3. The van der Waals surface area contributed by atoms with Gasteiger partial charge in [0, 0.05) is 0 Å². The second kappa shape index (κ2) is 9.77. The molecule has 0 unspecified atom stereocenters. The van der Waals surface area contributed by atoms with Gasteiger partial charge < -0.3 is 10.2 Å². The number of rotatable bonds is 3. The van der Waals surface area contributed by atoms with Gasteiger partial charge in [-0.25, -0.2) is 4.39 Å². The third-order valence-corrected chi connectivity index (χ3v) is 15.2. The molecule has 6 rings (SSSR count). The fraction of sp³-hybridized carbons (Fsp3) is 0.703. The SMILES string of the molecule is C=C(C)[C@@H]1CC[C@]2(C(=O)O)CC[C@]3(C)[C@H](CC[C@@H]4[C@@]5(C)C/C(=C\c6ccc(F)c(Br)c6)[C@H](O)C(C)(C)[C@@H]5CC[C@]43C)[C@@H]12. The average molecular weight is 642 g/mol. The first-order valence-corrected chi connectivity index (χ1v) is 17.0. The Morgan fingerprint density at radius 3 is 2.36 bits per heavy atom. The molecule has 5 heteroatoms. The fourth-order valence-corrected chi connectivity index (χ4v) is 12.9. The van der Waals surface area contributed by atoms with Crippen LogP contribution in [0.1, 0.15) is 105 Å². The van der Waals surface area contributed by atoms with Crippen LogP contribution in [0.4, 0.5) is 4.39 Å². The molecule has 5 aliphatic carbocycles. The highest BCUT2D eigenvalue weighted by Gasteiger charge is 2.72. The summed E-state index contributed by atoms with van der Waals surface area (Å²) in [5.41, 5.74) is 2.42. The molecule has 0 saturated heterocycles. The van der Waals surface area contributed by atoms with E-state index in [1.54, 1.807) is 6.07 Å². The molecule has 2 N–H and O–H groups in total. The summed E-state index contributed by atoms with van der Waals surface area (Å²) >= 11 is 3.34. The topological polar surface area (TPSA) is 57.5 Å². The van der Waals surface area contributed by atoms with E-state index in [2.05, 4.69) is 70.1 Å². The van der Waals surface area contributed by atoms with Crippen LogP contribution < -0.4 is 0 Å². The first-order chi connectivity index (χ1) is 19.5. The van der Waals surface area contributed by atoms with Gasteiger partial charge in [0.1, 0.15) is 5.82 Å². The van der Waals surface area contributed by atoms with Crippen molar-refractivity contribution in [3.63, 3.8) is 0 Å². The summed E-state index contributed by atoms with van der Waals surface area (Å²) < 4.78 is 14.5. The minimum atomic E-state index is -0.603. The van der Waals surface area contributed by atoms with E-state index in [9.17, 15) is 19.4 Å². The Hall–Kier alpha value is -1.46. The van der Waals surface area contributed by atoms with Gasteiger partial charge in [0.15, 0.2) is 0 Å². The second-order valence-electron chi connectivity index (χ2n) is 16.4. The van der Waals surface area contributed by atoms with Crippen LogP contribution in [0.3, 0.4) is 0 Å². The average Bonchev–Trinajstić information content (AvgIpc) is 3.31. The van der Waals surface area contributed by atoms with Gasteiger partial charge in [-0.15, -0.1) is 0 Å². The van der Waals surface area contributed by atoms with Crippen LogP contribution >= 0.6 is 15.9 Å². The zero-order valence-corrected chi connectivity index (χ0v) is 28.0. The number of carbonyl (C=O) groups is 1. The van der Waals surface area contributed by atoms with Crippen LogP contribution in [-0.2, 0) is 4.79 Å². The van der Waals surface area contributed by atoms with E-state index in [1.807, 2.05) is 6.07 Å². The van der Waals surface area contributed by atoms with Crippen LogP contribution in [0.2, 0.25) is 0 Å². The zero-order valence-electron chi connectivity index (χ0n) is 26.4. The second-order valence-corrected chi connectivity index (χ2v) is 17.3. The summed E-state index contributed by atoms with van der Waals surface area (Å²) in [7, 11) is 0.